The van der Waals surface area contributed by atoms with E-state index in [-0.39, 0.29) is 6.04 Å². The van der Waals surface area contributed by atoms with Gasteiger partial charge in [-0.05, 0) is 44.9 Å². The van der Waals surface area contributed by atoms with Crippen molar-refractivity contribution in [2.75, 3.05) is 0 Å². The van der Waals surface area contributed by atoms with Gasteiger partial charge < -0.3 is 10.1 Å². The predicted molar refractivity (Wildman–Crippen MR) is 128 cm³/mol. The Kier molecular flexibility index (Phi) is 6.87. The van der Waals surface area contributed by atoms with Crippen LogP contribution in [-0.2, 0) is 14.3 Å². The molecule has 1 aliphatic carbocycles. The molecule has 1 fully saturated rings. The van der Waals surface area contributed by atoms with Gasteiger partial charge in [-0.25, -0.2) is 14.3 Å². The van der Waals surface area contributed by atoms with Crippen LogP contribution >= 0.6 is 0 Å². The summed E-state index contributed by atoms with van der Waals surface area (Å²) in [5.74, 6) is -1.38. The fourth-order valence-electron chi connectivity index (χ4n) is 3.25. The average Bonchev–Trinajstić information content (AvgIpc) is 3.53. The van der Waals surface area contributed by atoms with Crippen molar-refractivity contribution in [1.82, 2.24) is 20.4 Å². The van der Waals surface area contributed by atoms with Crippen LogP contribution in [0.15, 0.2) is 66.9 Å². The Balaban J connectivity index is 1.47. The molecular weight excluding hydrogens is 432 g/mol. The molecule has 1 atom stereocenters. The Labute approximate surface area is 197 Å². The number of urea groups is 1. The minimum Gasteiger partial charge on any atom is -0.449 e. The maximum atomic E-state index is 12.4. The SMILES string of the molecule is Cc1ccc(-c2nn(-c3ccccc3)cc2/C=C/C(=O)OC(C)C(=O)NC(=O)NC2CC2)cc1. The van der Waals surface area contributed by atoms with Gasteiger partial charge in [0.2, 0.25) is 0 Å². The van der Waals surface area contributed by atoms with E-state index in [0.717, 1.165) is 29.7 Å². The second-order valence-electron chi connectivity index (χ2n) is 8.23. The topological polar surface area (TPSA) is 102 Å². The lowest BCUT2D eigenvalue weighted by Gasteiger charge is -2.11. The first-order valence-corrected chi connectivity index (χ1v) is 11.1. The summed E-state index contributed by atoms with van der Waals surface area (Å²) in [4.78, 5) is 36.2. The number of imide groups is 1. The second kappa shape index (κ2) is 10.2. The molecule has 34 heavy (non-hydrogen) atoms. The van der Waals surface area contributed by atoms with E-state index in [9.17, 15) is 14.4 Å². The summed E-state index contributed by atoms with van der Waals surface area (Å²) in [7, 11) is 0. The number of carbonyl (C=O) groups is 3. The van der Waals surface area contributed by atoms with Crippen molar-refractivity contribution in [1.29, 1.82) is 0 Å². The lowest BCUT2D eigenvalue weighted by Crippen LogP contribution is -2.45. The molecule has 1 heterocycles. The molecule has 8 nitrogen and oxygen atoms in total. The quantitative estimate of drug-likeness (QED) is 0.414. The van der Waals surface area contributed by atoms with Gasteiger partial charge in [-0.15, -0.1) is 0 Å². The van der Waals surface area contributed by atoms with Gasteiger partial charge in [-0.2, -0.15) is 5.10 Å². The van der Waals surface area contributed by atoms with Gasteiger partial charge in [0, 0.05) is 29.4 Å². The van der Waals surface area contributed by atoms with Gasteiger partial charge in [0.1, 0.15) is 0 Å². The molecule has 2 aromatic carbocycles. The number of carbonyl (C=O) groups excluding carboxylic acids is 3. The number of esters is 1. The minimum absolute atomic E-state index is 0.119. The number of aromatic nitrogens is 2. The largest absolute Gasteiger partial charge is 0.449 e. The van der Waals surface area contributed by atoms with E-state index in [4.69, 9.17) is 9.84 Å². The van der Waals surface area contributed by atoms with Gasteiger partial charge >= 0.3 is 12.0 Å². The van der Waals surface area contributed by atoms with E-state index in [1.54, 1.807) is 10.8 Å². The first kappa shape index (κ1) is 23.0. The molecule has 4 rings (SSSR count). The number of rotatable bonds is 7. The van der Waals surface area contributed by atoms with Crippen LogP contribution in [0.5, 0.6) is 0 Å². The molecule has 0 radical (unpaired) electrons. The average molecular weight is 459 g/mol. The summed E-state index contributed by atoms with van der Waals surface area (Å²) in [5, 5.41) is 9.54. The number of nitrogens with zero attached hydrogens (tertiary/aromatic N) is 2. The smallest absolute Gasteiger partial charge is 0.331 e. The Morgan fingerprint density at radius 1 is 1.09 bits per heavy atom. The van der Waals surface area contributed by atoms with Crippen molar-refractivity contribution < 1.29 is 19.1 Å². The highest BCUT2D eigenvalue weighted by molar-refractivity contribution is 5.98. The number of ether oxygens (including phenoxy) is 1. The number of nitrogens with one attached hydrogen (secondary N) is 2. The molecule has 174 valence electrons. The number of para-hydroxylation sites is 1. The first-order valence-electron chi connectivity index (χ1n) is 11.1. The van der Waals surface area contributed by atoms with E-state index < -0.39 is 24.0 Å². The fraction of sp³-hybridized carbons (Fsp3) is 0.231. The zero-order valence-corrected chi connectivity index (χ0v) is 19.0. The molecular formula is C26H26N4O4. The van der Waals surface area contributed by atoms with Crippen LogP contribution < -0.4 is 10.6 Å². The molecule has 1 aromatic heterocycles. The molecule has 1 unspecified atom stereocenters. The molecule has 3 aromatic rings. The van der Waals surface area contributed by atoms with Crippen LogP contribution in [0, 0.1) is 6.92 Å². The van der Waals surface area contributed by atoms with Gasteiger partial charge in [-0.1, -0.05) is 48.0 Å². The van der Waals surface area contributed by atoms with Crippen molar-refractivity contribution in [2.24, 2.45) is 0 Å². The Bertz CT molecular complexity index is 1210. The van der Waals surface area contributed by atoms with Gasteiger partial charge in [0.05, 0.1) is 11.4 Å². The van der Waals surface area contributed by atoms with Crippen molar-refractivity contribution >= 4 is 24.0 Å². The number of benzene rings is 2. The van der Waals surface area contributed by atoms with Crippen LogP contribution in [0.25, 0.3) is 23.0 Å². The van der Waals surface area contributed by atoms with Crippen molar-refractivity contribution in [3.63, 3.8) is 0 Å². The van der Waals surface area contributed by atoms with Crippen LogP contribution in [0.4, 0.5) is 4.79 Å². The highest BCUT2D eigenvalue weighted by Gasteiger charge is 2.25. The normalized spacial score (nSPS) is 13.9. The van der Waals surface area contributed by atoms with E-state index in [0.29, 0.717) is 11.3 Å². The van der Waals surface area contributed by atoms with Crippen LogP contribution in [-0.4, -0.2) is 39.8 Å². The van der Waals surface area contributed by atoms with E-state index >= 15 is 0 Å². The fourth-order valence-corrected chi connectivity index (χ4v) is 3.25. The monoisotopic (exact) mass is 458 g/mol. The predicted octanol–water partition coefficient (Wildman–Crippen LogP) is 3.78. The molecule has 8 heteroatoms. The number of hydrogen-bond acceptors (Lipinski definition) is 5. The summed E-state index contributed by atoms with van der Waals surface area (Å²) in [5.41, 5.74) is 4.33. The van der Waals surface area contributed by atoms with E-state index in [1.807, 2.05) is 67.7 Å². The molecule has 1 saturated carbocycles. The van der Waals surface area contributed by atoms with Crippen molar-refractivity contribution in [3.8, 4) is 16.9 Å². The van der Waals surface area contributed by atoms with Gasteiger partial charge in [0.15, 0.2) is 6.10 Å². The van der Waals surface area contributed by atoms with Crippen LogP contribution in [0.2, 0.25) is 0 Å². The lowest BCUT2D eigenvalue weighted by atomic mass is 10.1. The van der Waals surface area contributed by atoms with Crippen molar-refractivity contribution in [3.05, 3.63) is 78.0 Å². The number of aryl methyl sites for hydroxylation is 1. The minimum atomic E-state index is -1.12. The van der Waals surface area contributed by atoms with E-state index in [1.165, 1.54) is 13.0 Å². The molecule has 0 saturated heterocycles. The molecule has 0 spiro atoms. The zero-order valence-electron chi connectivity index (χ0n) is 19.0. The first-order chi connectivity index (χ1) is 16.4. The highest BCUT2D eigenvalue weighted by Crippen LogP contribution is 2.25. The third-order valence-electron chi connectivity index (χ3n) is 5.30. The molecule has 3 amide bonds. The Hall–Kier alpha value is -4.20. The van der Waals surface area contributed by atoms with Crippen molar-refractivity contribution in [2.45, 2.75) is 38.8 Å². The highest BCUT2D eigenvalue weighted by atomic mass is 16.5. The zero-order chi connectivity index (χ0) is 24.1. The maximum Gasteiger partial charge on any atom is 0.331 e. The maximum absolute atomic E-state index is 12.4. The summed E-state index contributed by atoms with van der Waals surface area (Å²) >= 11 is 0. The van der Waals surface area contributed by atoms with E-state index in [2.05, 4.69) is 10.6 Å². The Morgan fingerprint density at radius 3 is 2.47 bits per heavy atom. The number of hydrogen-bond donors (Lipinski definition) is 2. The molecule has 0 bridgehead atoms. The summed E-state index contributed by atoms with van der Waals surface area (Å²) in [6.45, 7) is 3.42. The second-order valence-corrected chi connectivity index (χ2v) is 8.23. The molecule has 2 N–H and O–H groups in total. The summed E-state index contributed by atoms with van der Waals surface area (Å²) in [6.07, 6.45) is 5.37. The summed E-state index contributed by atoms with van der Waals surface area (Å²) < 4.78 is 6.91. The standard InChI is InChI=1S/C26H26N4O4/c1-17-8-10-19(11-9-17)24-20(16-30(29-24)22-6-4-3-5-7-22)12-15-23(31)34-18(2)25(32)28-26(33)27-21-13-14-21/h3-12,15-16,18,21H,13-14H2,1-2H3,(H2,27,28,32,33)/b15-12+. The van der Waals surface area contributed by atoms with Gasteiger partial charge in [-0.3, -0.25) is 10.1 Å². The third-order valence-corrected chi connectivity index (χ3v) is 5.30. The van der Waals surface area contributed by atoms with Gasteiger partial charge in [0.25, 0.3) is 5.91 Å². The molecule has 1 aliphatic rings. The van der Waals surface area contributed by atoms with Crippen LogP contribution in [0.1, 0.15) is 30.9 Å². The number of amides is 3. The molecule has 0 aliphatic heterocycles. The van der Waals surface area contributed by atoms with Crippen LogP contribution in [0.3, 0.4) is 0 Å². The Morgan fingerprint density at radius 2 is 1.79 bits per heavy atom. The summed E-state index contributed by atoms with van der Waals surface area (Å²) in [6, 6.07) is 17.1. The third kappa shape index (κ3) is 5.98. The lowest BCUT2D eigenvalue weighted by molar-refractivity contribution is -0.149.